The van der Waals surface area contributed by atoms with Gasteiger partial charge in [0.1, 0.15) is 28.1 Å². The highest BCUT2D eigenvalue weighted by atomic mass is 32.1. The van der Waals surface area contributed by atoms with Crippen LogP contribution in [0, 0.1) is 20.8 Å². The first-order chi connectivity index (χ1) is 16.0. The molecule has 1 fully saturated rings. The Bertz CT molecular complexity index is 1310. The minimum atomic E-state index is -0.169. The number of anilines is 3. The van der Waals surface area contributed by atoms with Gasteiger partial charge in [-0.25, -0.2) is 19.9 Å². The Balaban J connectivity index is 1.43. The van der Waals surface area contributed by atoms with Gasteiger partial charge < -0.3 is 15.1 Å². The summed E-state index contributed by atoms with van der Waals surface area (Å²) in [6.45, 7) is 9.15. The van der Waals surface area contributed by atoms with Crippen LogP contribution in [-0.2, 0) is 0 Å². The summed E-state index contributed by atoms with van der Waals surface area (Å²) >= 11 is 1.41. The lowest BCUT2D eigenvalue weighted by molar-refractivity contribution is 0.102. The van der Waals surface area contributed by atoms with E-state index in [-0.39, 0.29) is 5.91 Å². The van der Waals surface area contributed by atoms with E-state index in [1.165, 1.54) is 11.3 Å². The third-order valence-electron chi connectivity index (χ3n) is 5.77. The highest BCUT2D eigenvalue weighted by Crippen LogP contribution is 2.36. The van der Waals surface area contributed by atoms with Gasteiger partial charge in [0.05, 0.1) is 10.3 Å². The number of fused-ring (bicyclic) bond motifs is 1. The number of carbonyl (C=O) groups excluding carboxylic acids is 1. The summed E-state index contributed by atoms with van der Waals surface area (Å²) in [5, 5.41) is 3.88. The average Bonchev–Trinajstić information content (AvgIpc) is 3.15. The number of hydrogen-bond acceptors (Lipinski definition) is 8. The van der Waals surface area contributed by atoms with Gasteiger partial charge in [-0.3, -0.25) is 4.79 Å². The fourth-order valence-electron chi connectivity index (χ4n) is 4.14. The van der Waals surface area contributed by atoms with Crippen molar-refractivity contribution in [3.63, 3.8) is 0 Å². The molecule has 5 heterocycles. The number of rotatable bonds is 4. The van der Waals surface area contributed by atoms with Gasteiger partial charge in [-0.05, 0) is 50.6 Å². The third kappa shape index (κ3) is 4.23. The molecule has 0 spiro atoms. The molecule has 1 aliphatic heterocycles. The topological polar surface area (TPSA) is 87.1 Å². The lowest BCUT2D eigenvalue weighted by Gasteiger charge is -2.36. The van der Waals surface area contributed by atoms with E-state index in [1.54, 1.807) is 6.07 Å². The van der Waals surface area contributed by atoms with E-state index >= 15 is 0 Å². The molecule has 1 aliphatic rings. The molecule has 0 aromatic carbocycles. The van der Waals surface area contributed by atoms with Gasteiger partial charge in [-0.1, -0.05) is 12.1 Å². The molecule has 0 atom stereocenters. The smallest absolute Gasteiger partial charge is 0.267 e. The Labute approximate surface area is 196 Å². The molecule has 33 heavy (non-hydrogen) atoms. The van der Waals surface area contributed by atoms with Crippen molar-refractivity contribution in [3.05, 3.63) is 64.6 Å². The normalized spacial score (nSPS) is 14.0. The lowest BCUT2D eigenvalue weighted by Crippen LogP contribution is -2.47. The molecule has 0 aliphatic carbocycles. The monoisotopic (exact) mass is 459 g/mol. The van der Waals surface area contributed by atoms with Crippen molar-refractivity contribution < 1.29 is 4.79 Å². The Morgan fingerprint density at radius 1 is 0.939 bits per heavy atom. The molecule has 4 aromatic heterocycles. The van der Waals surface area contributed by atoms with Gasteiger partial charge in [0, 0.05) is 38.1 Å². The first-order valence-corrected chi connectivity index (χ1v) is 11.7. The molecule has 168 valence electrons. The summed E-state index contributed by atoms with van der Waals surface area (Å²) in [6, 6.07) is 11.6. The predicted molar refractivity (Wildman–Crippen MR) is 132 cm³/mol. The molecule has 0 unspecified atom stereocenters. The zero-order chi connectivity index (χ0) is 22.9. The Kier molecular flexibility index (Phi) is 5.63. The number of hydrogen-bond donors (Lipinski definition) is 1. The highest BCUT2D eigenvalue weighted by Gasteiger charge is 2.25. The molecule has 0 bridgehead atoms. The number of nitrogens with zero attached hydrogens (tertiary/aromatic N) is 6. The SMILES string of the molecule is Cc1cccc(NC(=O)c2sc3nc(C)nc(N4CCN(c5ccccn5)CC4)c3c2C)n1. The van der Waals surface area contributed by atoms with E-state index in [4.69, 9.17) is 4.98 Å². The number of aromatic nitrogens is 4. The number of thiophene rings is 1. The van der Waals surface area contributed by atoms with Crippen molar-refractivity contribution in [3.8, 4) is 0 Å². The molecule has 0 radical (unpaired) electrons. The van der Waals surface area contributed by atoms with Crippen LogP contribution in [0.25, 0.3) is 10.2 Å². The molecule has 0 saturated carbocycles. The predicted octanol–water partition coefficient (Wildman–Crippen LogP) is 3.99. The second-order valence-electron chi connectivity index (χ2n) is 8.11. The maximum absolute atomic E-state index is 13.1. The maximum atomic E-state index is 13.1. The van der Waals surface area contributed by atoms with Crippen LogP contribution in [0.2, 0.25) is 0 Å². The minimum absolute atomic E-state index is 0.169. The summed E-state index contributed by atoms with van der Waals surface area (Å²) in [5.41, 5.74) is 1.76. The van der Waals surface area contributed by atoms with Crippen molar-refractivity contribution in [2.45, 2.75) is 20.8 Å². The van der Waals surface area contributed by atoms with E-state index in [9.17, 15) is 4.79 Å². The van der Waals surface area contributed by atoms with E-state index < -0.39 is 0 Å². The van der Waals surface area contributed by atoms with Crippen molar-refractivity contribution in [2.24, 2.45) is 0 Å². The standard InChI is InChI=1S/C24H25N7OS/c1-15-7-6-8-18(26-15)29-23(32)21-16(2)20-22(27-17(3)28-24(20)33-21)31-13-11-30(12-14-31)19-9-4-5-10-25-19/h4-10H,11-14H2,1-3H3,(H,26,29,32). The van der Waals surface area contributed by atoms with Gasteiger partial charge in [0.15, 0.2) is 0 Å². The summed E-state index contributed by atoms with van der Waals surface area (Å²) in [7, 11) is 0. The van der Waals surface area contributed by atoms with Crippen LogP contribution in [0.4, 0.5) is 17.5 Å². The number of pyridine rings is 2. The van der Waals surface area contributed by atoms with Gasteiger partial charge in [-0.2, -0.15) is 0 Å². The Morgan fingerprint density at radius 2 is 1.73 bits per heavy atom. The number of aryl methyl sites for hydroxylation is 3. The van der Waals surface area contributed by atoms with Crippen LogP contribution in [-0.4, -0.2) is 52.0 Å². The van der Waals surface area contributed by atoms with Crippen LogP contribution in [0.5, 0.6) is 0 Å². The summed E-state index contributed by atoms with van der Waals surface area (Å²) in [4.78, 5) is 37.4. The maximum Gasteiger partial charge on any atom is 0.267 e. The Hall–Kier alpha value is -3.59. The van der Waals surface area contributed by atoms with Crippen molar-refractivity contribution in [1.82, 2.24) is 19.9 Å². The second kappa shape index (κ2) is 8.74. The average molecular weight is 460 g/mol. The fourth-order valence-corrected chi connectivity index (χ4v) is 5.26. The van der Waals surface area contributed by atoms with Crippen LogP contribution in [0.1, 0.15) is 26.8 Å². The quantitative estimate of drug-likeness (QED) is 0.494. The van der Waals surface area contributed by atoms with Crippen LogP contribution >= 0.6 is 11.3 Å². The van der Waals surface area contributed by atoms with E-state index in [0.29, 0.717) is 16.5 Å². The number of piperazine rings is 1. The van der Waals surface area contributed by atoms with Crippen LogP contribution in [0.15, 0.2) is 42.6 Å². The van der Waals surface area contributed by atoms with Crippen molar-refractivity contribution in [1.29, 1.82) is 0 Å². The second-order valence-corrected chi connectivity index (χ2v) is 9.11. The van der Waals surface area contributed by atoms with E-state index in [2.05, 4.69) is 30.1 Å². The molecule has 9 heteroatoms. The first kappa shape index (κ1) is 21.3. The molecule has 1 N–H and O–H groups in total. The van der Waals surface area contributed by atoms with Crippen LogP contribution < -0.4 is 15.1 Å². The molecule has 1 saturated heterocycles. The largest absolute Gasteiger partial charge is 0.353 e. The Morgan fingerprint density at radius 3 is 2.45 bits per heavy atom. The third-order valence-corrected chi connectivity index (χ3v) is 6.96. The van der Waals surface area contributed by atoms with Crippen molar-refractivity contribution in [2.75, 3.05) is 41.3 Å². The molecule has 8 nitrogen and oxygen atoms in total. The number of amides is 1. The lowest BCUT2D eigenvalue weighted by atomic mass is 10.1. The van der Waals surface area contributed by atoms with Crippen LogP contribution in [0.3, 0.4) is 0 Å². The summed E-state index contributed by atoms with van der Waals surface area (Å²) < 4.78 is 0. The van der Waals surface area contributed by atoms with E-state index in [0.717, 1.165) is 59.3 Å². The molecular weight excluding hydrogens is 434 g/mol. The molecule has 4 aromatic rings. The zero-order valence-electron chi connectivity index (χ0n) is 18.9. The minimum Gasteiger partial charge on any atom is -0.353 e. The zero-order valence-corrected chi connectivity index (χ0v) is 19.7. The first-order valence-electron chi connectivity index (χ1n) is 10.9. The van der Waals surface area contributed by atoms with Gasteiger partial charge in [0.25, 0.3) is 5.91 Å². The molecule has 1 amide bonds. The van der Waals surface area contributed by atoms with E-state index in [1.807, 2.05) is 57.3 Å². The number of nitrogens with one attached hydrogen (secondary N) is 1. The van der Waals surface area contributed by atoms with Gasteiger partial charge >= 0.3 is 0 Å². The fraction of sp³-hybridized carbons (Fsp3) is 0.292. The highest BCUT2D eigenvalue weighted by molar-refractivity contribution is 7.20. The summed E-state index contributed by atoms with van der Waals surface area (Å²) in [5.74, 6) is 2.98. The number of carbonyl (C=O) groups is 1. The molecular formula is C24H25N7OS. The van der Waals surface area contributed by atoms with Crippen molar-refractivity contribution >= 4 is 44.9 Å². The van der Waals surface area contributed by atoms with Gasteiger partial charge in [-0.15, -0.1) is 11.3 Å². The van der Waals surface area contributed by atoms with Gasteiger partial charge in [0.2, 0.25) is 0 Å². The molecule has 5 rings (SSSR count). The summed E-state index contributed by atoms with van der Waals surface area (Å²) in [6.07, 6.45) is 1.83.